The van der Waals surface area contributed by atoms with Crippen LogP contribution in [0.4, 0.5) is 5.82 Å². The Bertz CT molecular complexity index is 890. The zero-order valence-corrected chi connectivity index (χ0v) is 19.0. The van der Waals surface area contributed by atoms with Gasteiger partial charge in [0.1, 0.15) is 11.6 Å². The number of thiophene rings is 1. The van der Waals surface area contributed by atoms with E-state index in [2.05, 4.69) is 22.5 Å². The highest BCUT2D eigenvalue weighted by Crippen LogP contribution is 2.39. The summed E-state index contributed by atoms with van der Waals surface area (Å²) in [6.07, 6.45) is 13.1. The van der Waals surface area contributed by atoms with Gasteiger partial charge >= 0.3 is 0 Å². The summed E-state index contributed by atoms with van der Waals surface area (Å²) in [6.45, 7) is 4.00. The third kappa shape index (κ3) is 4.08. The van der Waals surface area contributed by atoms with E-state index < -0.39 is 0 Å². The van der Waals surface area contributed by atoms with Crippen LogP contribution in [-0.4, -0.2) is 35.0 Å². The predicted octanol–water partition coefficient (Wildman–Crippen LogP) is 5.32. The second-order valence-electron chi connectivity index (χ2n) is 9.54. The van der Waals surface area contributed by atoms with Gasteiger partial charge in [0.15, 0.2) is 0 Å². The van der Waals surface area contributed by atoms with E-state index in [1.807, 2.05) is 0 Å². The molecule has 6 heteroatoms. The van der Waals surface area contributed by atoms with Crippen LogP contribution in [0.1, 0.15) is 87.2 Å². The summed E-state index contributed by atoms with van der Waals surface area (Å²) in [7, 11) is 0. The van der Waals surface area contributed by atoms with E-state index in [4.69, 9.17) is 9.97 Å². The van der Waals surface area contributed by atoms with Gasteiger partial charge in [-0.3, -0.25) is 4.79 Å². The Balaban J connectivity index is 1.27. The fraction of sp³-hybridized carbons (Fsp3) is 0.708. The first-order chi connectivity index (χ1) is 14.7. The molecule has 3 fully saturated rings. The fourth-order valence-corrected chi connectivity index (χ4v) is 6.06. The molecule has 3 aliphatic rings. The quantitative estimate of drug-likeness (QED) is 0.672. The Labute approximate surface area is 183 Å². The number of nitrogens with zero attached hydrogens (tertiary/aromatic N) is 3. The lowest BCUT2D eigenvalue weighted by Crippen LogP contribution is -2.44. The second-order valence-corrected chi connectivity index (χ2v) is 10.6. The first-order valence-electron chi connectivity index (χ1n) is 12.0. The van der Waals surface area contributed by atoms with E-state index >= 15 is 0 Å². The summed E-state index contributed by atoms with van der Waals surface area (Å²) in [5.41, 5.74) is 1.11. The minimum atomic E-state index is 0.150. The number of anilines is 1. The van der Waals surface area contributed by atoms with Crippen LogP contribution in [0, 0.1) is 12.8 Å². The zero-order chi connectivity index (χ0) is 20.5. The molecule has 0 atom stereocenters. The molecule has 0 radical (unpaired) electrons. The maximum absolute atomic E-state index is 12.9. The van der Waals surface area contributed by atoms with Gasteiger partial charge in [0.2, 0.25) is 5.91 Å². The average Bonchev–Trinajstić information content (AvgIpc) is 2.92. The van der Waals surface area contributed by atoms with Gasteiger partial charge in [-0.05, 0) is 45.4 Å². The number of aryl methyl sites for hydroxylation is 1. The first kappa shape index (κ1) is 20.2. The molecule has 5 nitrogen and oxygen atoms in total. The van der Waals surface area contributed by atoms with Crippen molar-refractivity contribution in [2.75, 3.05) is 18.0 Å². The molecular formula is C24H34N4OS. The number of amides is 1. The Morgan fingerprint density at radius 1 is 1.00 bits per heavy atom. The lowest BCUT2D eigenvalue weighted by molar-refractivity contribution is -0.126. The molecule has 0 bridgehead atoms. The fourth-order valence-electron chi connectivity index (χ4n) is 5.28. The second kappa shape index (κ2) is 8.81. The van der Waals surface area contributed by atoms with E-state index in [0.29, 0.717) is 12.0 Å². The topological polar surface area (TPSA) is 58.1 Å². The zero-order valence-electron chi connectivity index (χ0n) is 18.2. The largest absolute Gasteiger partial charge is 0.356 e. The Morgan fingerprint density at radius 3 is 2.40 bits per heavy atom. The van der Waals surface area contributed by atoms with Crippen LogP contribution in [0.5, 0.6) is 0 Å². The summed E-state index contributed by atoms with van der Waals surface area (Å²) in [5, 5.41) is 6.79. The number of piperidine rings is 1. The van der Waals surface area contributed by atoms with Crippen molar-refractivity contribution >= 4 is 34.0 Å². The van der Waals surface area contributed by atoms with E-state index in [9.17, 15) is 4.79 Å². The van der Waals surface area contributed by atoms with Crippen molar-refractivity contribution in [3.8, 4) is 0 Å². The molecule has 30 heavy (non-hydrogen) atoms. The highest BCUT2D eigenvalue weighted by atomic mass is 32.1. The Hall–Kier alpha value is -1.69. The van der Waals surface area contributed by atoms with Crippen molar-refractivity contribution in [2.24, 2.45) is 5.92 Å². The molecule has 1 amide bonds. The highest BCUT2D eigenvalue weighted by Gasteiger charge is 2.30. The average molecular weight is 427 g/mol. The van der Waals surface area contributed by atoms with E-state index in [0.717, 1.165) is 55.9 Å². The summed E-state index contributed by atoms with van der Waals surface area (Å²) in [6, 6.07) is 0.401. The molecule has 2 aromatic rings. The van der Waals surface area contributed by atoms with E-state index in [1.54, 1.807) is 11.3 Å². The highest BCUT2D eigenvalue weighted by molar-refractivity contribution is 7.11. The molecule has 5 rings (SSSR count). The maximum atomic E-state index is 12.9. The van der Waals surface area contributed by atoms with Crippen molar-refractivity contribution < 1.29 is 4.79 Å². The van der Waals surface area contributed by atoms with Gasteiger partial charge in [0.05, 0.1) is 10.9 Å². The van der Waals surface area contributed by atoms with Crippen molar-refractivity contribution in [3.05, 3.63) is 16.1 Å². The Kier molecular flexibility index (Phi) is 5.94. The lowest BCUT2D eigenvalue weighted by atomic mass is 9.85. The standard InChI is InChI=1S/C24H34N4OS/c1-16-21-20(15-30-16)26-22(17-7-6-8-17)27-23(21)28-13-11-18(12-14-28)24(29)25-19-9-4-2-3-5-10-19/h15,17-19H,2-14H2,1H3,(H,25,29). The molecule has 0 spiro atoms. The van der Waals surface area contributed by atoms with Crippen LogP contribution in [-0.2, 0) is 4.79 Å². The molecule has 1 saturated heterocycles. The number of rotatable bonds is 4. The van der Waals surface area contributed by atoms with Crippen molar-refractivity contribution in [1.29, 1.82) is 0 Å². The minimum Gasteiger partial charge on any atom is -0.356 e. The van der Waals surface area contributed by atoms with Gasteiger partial charge in [0.25, 0.3) is 0 Å². The maximum Gasteiger partial charge on any atom is 0.223 e. The molecule has 2 aromatic heterocycles. The molecule has 162 valence electrons. The first-order valence-corrected chi connectivity index (χ1v) is 12.9. The van der Waals surface area contributed by atoms with Crippen LogP contribution >= 0.6 is 11.3 Å². The SMILES string of the molecule is Cc1scc2nc(C3CCC3)nc(N3CCC(C(=O)NC4CCCCCC4)CC3)c12. The van der Waals surface area contributed by atoms with Crippen LogP contribution in [0.15, 0.2) is 5.38 Å². The molecule has 0 aromatic carbocycles. The number of aromatic nitrogens is 2. The lowest BCUT2D eigenvalue weighted by Gasteiger charge is -2.34. The molecule has 2 aliphatic carbocycles. The normalized spacial score (nSPS) is 22.1. The summed E-state index contributed by atoms with van der Waals surface area (Å²) in [5.74, 6) is 3.13. The summed E-state index contributed by atoms with van der Waals surface area (Å²) >= 11 is 1.78. The van der Waals surface area contributed by atoms with Crippen LogP contribution in [0.3, 0.4) is 0 Å². The smallest absolute Gasteiger partial charge is 0.223 e. The molecule has 3 heterocycles. The molecule has 0 unspecified atom stereocenters. The predicted molar refractivity (Wildman–Crippen MR) is 123 cm³/mol. The van der Waals surface area contributed by atoms with Gasteiger partial charge in [-0.15, -0.1) is 11.3 Å². The van der Waals surface area contributed by atoms with Crippen LogP contribution in [0.2, 0.25) is 0 Å². The Morgan fingerprint density at radius 2 is 1.73 bits per heavy atom. The number of fused-ring (bicyclic) bond motifs is 1. The molecular weight excluding hydrogens is 392 g/mol. The van der Waals surface area contributed by atoms with Crippen LogP contribution in [0.25, 0.3) is 10.9 Å². The molecule has 2 saturated carbocycles. The van der Waals surface area contributed by atoms with E-state index in [-0.39, 0.29) is 11.8 Å². The van der Waals surface area contributed by atoms with E-state index in [1.165, 1.54) is 55.2 Å². The monoisotopic (exact) mass is 426 g/mol. The van der Waals surface area contributed by atoms with Crippen molar-refractivity contribution in [2.45, 2.75) is 89.5 Å². The van der Waals surface area contributed by atoms with Gasteiger partial charge in [-0.2, -0.15) is 0 Å². The third-order valence-electron chi connectivity index (χ3n) is 7.47. The number of carbonyl (C=O) groups is 1. The summed E-state index contributed by atoms with van der Waals surface area (Å²) < 4.78 is 0. The molecule has 1 aliphatic heterocycles. The minimum absolute atomic E-state index is 0.150. The summed E-state index contributed by atoms with van der Waals surface area (Å²) in [4.78, 5) is 26.6. The number of nitrogens with one attached hydrogen (secondary N) is 1. The van der Waals surface area contributed by atoms with Gasteiger partial charge in [-0.1, -0.05) is 32.1 Å². The van der Waals surface area contributed by atoms with Gasteiger partial charge in [-0.25, -0.2) is 9.97 Å². The molecule has 1 N–H and O–H groups in total. The van der Waals surface area contributed by atoms with Gasteiger partial charge < -0.3 is 10.2 Å². The number of hydrogen-bond donors (Lipinski definition) is 1. The third-order valence-corrected chi connectivity index (χ3v) is 8.37. The van der Waals surface area contributed by atoms with Crippen molar-refractivity contribution in [1.82, 2.24) is 15.3 Å². The number of carbonyl (C=O) groups excluding carboxylic acids is 1. The van der Waals surface area contributed by atoms with Crippen molar-refractivity contribution in [3.63, 3.8) is 0 Å². The number of hydrogen-bond acceptors (Lipinski definition) is 5. The van der Waals surface area contributed by atoms with Crippen LogP contribution < -0.4 is 10.2 Å². The van der Waals surface area contributed by atoms with Gasteiger partial charge in [0, 0.05) is 41.2 Å².